The molecule has 0 spiro atoms. The molecule has 0 aliphatic heterocycles. The predicted molar refractivity (Wildman–Crippen MR) is 95.5 cm³/mol. The van der Waals surface area contributed by atoms with Gasteiger partial charge < -0.3 is 9.66 Å². The van der Waals surface area contributed by atoms with Crippen LogP contribution in [-0.2, 0) is 10.1 Å². The van der Waals surface area contributed by atoms with E-state index < -0.39 is 21.5 Å². The van der Waals surface area contributed by atoms with E-state index in [1.54, 1.807) is 6.92 Å². The van der Waals surface area contributed by atoms with Crippen molar-refractivity contribution in [2.45, 2.75) is 115 Å². The van der Waals surface area contributed by atoms with E-state index in [9.17, 15) is 18.1 Å². The van der Waals surface area contributed by atoms with Gasteiger partial charge in [0.05, 0.1) is 11.4 Å². The minimum Gasteiger partial charge on any atom is -0.748 e. The number of unbranched alkanes of at least 4 members (excludes halogenated alkanes) is 11. The molecule has 0 aromatic carbocycles. The first-order chi connectivity index (χ1) is 10.9. The van der Waals surface area contributed by atoms with Gasteiger partial charge in [-0.05, 0) is 12.8 Å². The second kappa shape index (κ2) is 17.3. The van der Waals surface area contributed by atoms with Crippen molar-refractivity contribution in [2.24, 2.45) is 0 Å². The van der Waals surface area contributed by atoms with Crippen LogP contribution in [0.5, 0.6) is 0 Å². The summed E-state index contributed by atoms with van der Waals surface area (Å²) in [6.45, 7) is 3.93. The van der Waals surface area contributed by atoms with E-state index in [1.165, 1.54) is 57.8 Å². The Hall–Kier alpha value is 0.870. The average molecular weight is 373 g/mol. The predicted octanol–water partition coefficient (Wildman–Crippen LogP) is 1.77. The van der Waals surface area contributed by atoms with Crippen LogP contribution in [0.3, 0.4) is 0 Å². The van der Waals surface area contributed by atoms with Crippen molar-refractivity contribution < 1.29 is 47.6 Å². The number of rotatable bonds is 16. The second-order valence-electron chi connectivity index (χ2n) is 6.68. The van der Waals surface area contributed by atoms with E-state index in [0.717, 1.165) is 12.8 Å². The van der Waals surface area contributed by atoms with Gasteiger partial charge in [-0.3, -0.25) is 0 Å². The maximum Gasteiger partial charge on any atom is 1.00 e. The molecule has 6 heteroatoms. The zero-order valence-corrected chi connectivity index (χ0v) is 19.0. The molecule has 0 rings (SSSR count). The molecule has 24 heavy (non-hydrogen) atoms. The maximum atomic E-state index is 11.1. The Balaban J connectivity index is 0. The first-order valence-corrected chi connectivity index (χ1v) is 11.0. The molecular weight excluding hydrogens is 335 g/mol. The number of aliphatic hydroxyl groups is 1. The van der Waals surface area contributed by atoms with Crippen molar-refractivity contribution in [3.63, 3.8) is 0 Å². The first-order valence-electron chi connectivity index (χ1n) is 9.56. The van der Waals surface area contributed by atoms with Crippen molar-refractivity contribution in [1.82, 2.24) is 0 Å². The Kier molecular flexibility index (Phi) is 19.5. The van der Waals surface area contributed by atoms with Gasteiger partial charge in [0, 0.05) is 0 Å². The third-order valence-corrected chi connectivity index (χ3v) is 5.85. The number of hydrogen-bond donors (Lipinski definition) is 1. The van der Waals surface area contributed by atoms with E-state index in [1.807, 2.05) is 0 Å². The quantitative estimate of drug-likeness (QED) is 0.254. The van der Waals surface area contributed by atoms with E-state index in [-0.39, 0.29) is 36.0 Å². The van der Waals surface area contributed by atoms with E-state index in [4.69, 9.17) is 0 Å². The molecule has 0 saturated carbocycles. The summed E-state index contributed by atoms with van der Waals surface area (Å²) in [6, 6.07) is 0. The van der Waals surface area contributed by atoms with Crippen LogP contribution in [0.25, 0.3) is 0 Å². The summed E-state index contributed by atoms with van der Waals surface area (Å²) < 4.78 is 33.4. The van der Waals surface area contributed by atoms with Gasteiger partial charge in [-0.25, -0.2) is 8.42 Å². The molecule has 0 bridgehead atoms. The fourth-order valence-corrected chi connectivity index (χ4v) is 4.01. The second-order valence-corrected chi connectivity index (χ2v) is 8.28. The van der Waals surface area contributed by atoms with E-state index in [2.05, 4.69) is 6.92 Å². The van der Waals surface area contributed by atoms with Crippen LogP contribution in [-0.4, -0.2) is 29.4 Å². The Bertz CT molecular complexity index is 360. The third kappa shape index (κ3) is 15.2. The molecule has 0 saturated heterocycles. The van der Waals surface area contributed by atoms with Crippen LogP contribution in [0.4, 0.5) is 0 Å². The molecule has 0 aliphatic carbocycles. The summed E-state index contributed by atoms with van der Waals surface area (Å²) in [4.78, 5) is 0. The summed E-state index contributed by atoms with van der Waals surface area (Å²) in [5.41, 5.74) is 0. The molecule has 0 aliphatic rings. The summed E-state index contributed by atoms with van der Waals surface area (Å²) in [5, 5.41) is 8.52. The number of hydrogen-bond acceptors (Lipinski definition) is 4. The average Bonchev–Trinajstić information content (AvgIpc) is 2.50. The van der Waals surface area contributed by atoms with Crippen LogP contribution >= 0.6 is 0 Å². The van der Waals surface area contributed by atoms with Gasteiger partial charge in [0.2, 0.25) is 0 Å². The van der Waals surface area contributed by atoms with Crippen molar-refractivity contribution in [1.29, 1.82) is 0 Å². The molecular formula is C18H37NaO4S. The van der Waals surface area contributed by atoms with Gasteiger partial charge in [-0.1, -0.05) is 90.9 Å². The van der Waals surface area contributed by atoms with Crippen LogP contribution in [0, 0.1) is 0 Å². The molecule has 0 amide bonds. The molecule has 0 aromatic rings. The zero-order chi connectivity index (χ0) is 17.6. The summed E-state index contributed by atoms with van der Waals surface area (Å²) >= 11 is 0. The third-order valence-electron chi connectivity index (χ3n) is 4.56. The monoisotopic (exact) mass is 372 g/mol. The van der Waals surface area contributed by atoms with Crippen molar-refractivity contribution >= 4 is 10.1 Å². The van der Waals surface area contributed by atoms with Crippen LogP contribution < -0.4 is 29.6 Å². The van der Waals surface area contributed by atoms with Crippen molar-refractivity contribution in [3.8, 4) is 0 Å². The largest absolute Gasteiger partial charge is 1.00 e. The van der Waals surface area contributed by atoms with Gasteiger partial charge in [0.25, 0.3) is 0 Å². The van der Waals surface area contributed by atoms with E-state index >= 15 is 0 Å². The van der Waals surface area contributed by atoms with Crippen LogP contribution in [0.2, 0.25) is 0 Å². The maximum absolute atomic E-state index is 11.1. The van der Waals surface area contributed by atoms with Gasteiger partial charge in [-0.2, -0.15) is 0 Å². The summed E-state index contributed by atoms with van der Waals surface area (Å²) in [5.74, 6) is 0. The molecule has 0 heterocycles. The molecule has 2 unspecified atom stereocenters. The van der Waals surface area contributed by atoms with Gasteiger partial charge in [0.1, 0.15) is 10.1 Å². The molecule has 4 nitrogen and oxygen atoms in total. The molecule has 1 N–H and O–H groups in total. The van der Waals surface area contributed by atoms with E-state index in [0.29, 0.717) is 12.8 Å². The summed E-state index contributed by atoms with van der Waals surface area (Å²) in [7, 11) is -4.39. The topological polar surface area (TPSA) is 77.4 Å². The van der Waals surface area contributed by atoms with Crippen LogP contribution in [0.1, 0.15) is 104 Å². The smallest absolute Gasteiger partial charge is 0.748 e. The Morgan fingerprint density at radius 3 is 1.50 bits per heavy atom. The Morgan fingerprint density at radius 2 is 1.17 bits per heavy atom. The van der Waals surface area contributed by atoms with Gasteiger partial charge in [0.15, 0.2) is 0 Å². The molecule has 2 atom stereocenters. The first kappa shape index (κ1) is 27.1. The summed E-state index contributed by atoms with van der Waals surface area (Å²) in [6.07, 6.45) is 14.1. The zero-order valence-electron chi connectivity index (χ0n) is 16.1. The Morgan fingerprint density at radius 1 is 0.792 bits per heavy atom. The fraction of sp³-hybridized carbons (Fsp3) is 1.00. The standard InChI is InChI=1S/C18H38O4S.Na/c1-3-5-6-7-8-9-10-11-12-13-14-15-16-18(17(19)4-2)23(20,21)22;/h17-19H,3-16H2,1-2H3,(H,20,21,22);/q;+1/p-1. The van der Waals surface area contributed by atoms with Crippen LogP contribution in [0.15, 0.2) is 0 Å². The van der Waals surface area contributed by atoms with Gasteiger partial charge in [-0.15, -0.1) is 0 Å². The Labute approximate surface area is 172 Å². The normalized spacial score (nSPS) is 14.2. The molecule has 0 aromatic heterocycles. The fourth-order valence-electron chi connectivity index (χ4n) is 2.98. The molecule has 0 radical (unpaired) electrons. The van der Waals surface area contributed by atoms with Crippen molar-refractivity contribution in [3.05, 3.63) is 0 Å². The minimum atomic E-state index is -4.39. The SMILES string of the molecule is CCCCCCCCCCCCCCC(C(O)CC)S(=O)(=O)[O-].[Na+]. The van der Waals surface area contributed by atoms with Crippen molar-refractivity contribution in [2.75, 3.05) is 0 Å². The van der Waals surface area contributed by atoms with Gasteiger partial charge >= 0.3 is 29.6 Å². The molecule has 0 fully saturated rings. The molecule has 140 valence electrons. The number of aliphatic hydroxyl groups excluding tert-OH is 1. The minimum absolute atomic E-state index is 0.